The average molecular weight is 377 g/mol. The van der Waals surface area contributed by atoms with Crippen molar-refractivity contribution in [3.05, 3.63) is 106 Å². The molecule has 0 aromatic heterocycles. The largest absolute Gasteiger partial charge is 0.423 e. The lowest BCUT2D eigenvalue weighted by molar-refractivity contribution is 0.0734. The van der Waals surface area contributed by atoms with Crippen LogP contribution in [-0.4, -0.2) is 11.8 Å². The fourth-order valence-corrected chi connectivity index (χ4v) is 2.62. The number of rotatable bonds is 5. The van der Waals surface area contributed by atoms with E-state index in [1.807, 2.05) is 31.2 Å². The van der Waals surface area contributed by atoms with Gasteiger partial charge in [0.15, 0.2) is 5.78 Å². The molecule has 3 aromatic carbocycles. The molecule has 0 radical (unpaired) electrons. The van der Waals surface area contributed by atoms with Gasteiger partial charge in [0.2, 0.25) is 0 Å². The number of carbonyl (C=O) groups is 2. The van der Waals surface area contributed by atoms with Gasteiger partial charge in [0.05, 0.1) is 5.56 Å². The molecule has 3 nitrogen and oxygen atoms in total. The predicted octanol–water partition coefficient (Wildman–Crippen LogP) is 5.76. The predicted molar refractivity (Wildman–Crippen MR) is 107 cm³/mol. The third-order valence-corrected chi connectivity index (χ3v) is 4.26. The number of hydrogen-bond acceptors (Lipinski definition) is 3. The van der Waals surface area contributed by atoms with Crippen molar-refractivity contribution in [1.29, 1.82) is 0 Å². The van der Waals surface area contributed by atoms with Crippen LogP contribution in [0.1, 0.15) is 31.8 Å². The third kappa shape index (κ3) is 4.93. The summed E-state index contributed by atoms with van der Waals surface area (Å²) >= 11 is 5.84. The van der Waals surface area contributed by atoms with Gasteiger partial charge in [-0.1, -0.05) is 48.0 Å². The summed E-state index contributed by atoms with van der Waals surface area (Å²) in [5.74, 6) is -0.168. The minimum atomic E-state index is -0.421. The zero-order chi connectivity index (χ0) is 19.2. The molecule has 0 aliphatic carbocycles. The highest BCUT2D eigenvalue weighted by molar-refractivity contribution is 6.30. The lowest BCUT2D eigenvalue weighted by Gasteiger charge is -2.07. The summed E-state index contributed by atoms with van der Waals surface area (Å²) in [6, 6.07) is 20.9. The van der Waals surface area contributed by atoms with Crippen LogP contribution in [0.2, 0.25) is 5.02 Å². The normalized spacial score (nSPS) is 10.7. The maximum absolute atomic E-state index is 12.3. The first-order valence-corrected chi connectivity index (χ1v) is 8.76. The minimum absolute atomic E-state index is 0.137. The van der Waals surface area contributed by atoms with Crippen molar-refractivity contribution in [1.82, 2.24) is 0 Å². The van der Waals surface area contributed by atoms with E-state index in [9.17, 15) is 9.59 Å². The first kappa shape index (κ1) is 18.6. The van der Waals surface area contributed by atoms with Crippen LogP contribution in [0.25, 0.3) is 6.08 Å². The van der Waals surface area contributed by atoms with E-state index in [0.717, 1.165) is 11.1 Å². The van der Waals surface area contributed by atoms with E-state index in [-0.39, 0.29) is 5.78 Å². The topological polar surface area (TPSA) is 43.4 Å². The number of benzene rings is 3. The van der Waals surface area contributed by atoms with Crippen LogP contribution in [-0.2, 0) is 0 Å². The van der Waals surface area contributed by atoms with E-state index >= 15 is 0 Å². The molecule has 0 spiro atoms. The molecule has 0 aliphatic rings. The number of halogens is 1. The molecule has 0 aliphatic heterocycles. The number of carbonyl (C=O) groups excluding carboxylic acids is 2. The minimum Gasteiger partial charge on any atom is -0.423 e. The van der Waals surface area contributed by atoms with Gasteiger partial charge in [-0.3, -0.25) is 4.79 Å². The number of hydrogen-bond donors (Lipinski definition) is 0. The molecule has 0 heterocycles. The molecule has 3 rings (SSSR count). The fraction of sp³-hybridized carbons (Fsp3) is 0.0435. The summed E-state index contributed by atoms with van der Waals surface area (Å²) in [6.07, 6.45) is 3.22. The summed E-state index contributed by atoms with van der Waals surface area (Å²) in [5, 5.41) is 0.648. The summed E-state index contributed by atoms with van der Waals surface area (Å²) in [4.78, 5) is 24.5. The van der Waals surface area contributed by atoms with Gasteiger partial charge in [-0.25, -0.2) is 4.79 Å². The van der Waals surface area contributed by atoms with E-state index in [4.69, 9.17) is 16.3 Å². The van der Waals surface area contributed by atoms with E-state index in [1.54, 1.807) is 54.6 Å². The molecule has 134 valence electrons. The van der Waals surface area contributed by atoms with E-state index in [1.165, 1.54) is 6.08 Å². The van der Waals surface area contributed by atoms with Crippen LogP contribution in [0, 0.1) is 6.92 Å². The van der Waals surface area contributed by atoms with Gasteiger partial charge < -0.3 is 4.74 Å². The van der Waals surface area contributed by atoms with Crippen LogP contribution >= 0.6 is 11.6 Å². The standard InChI is InChI=1S/C23H17ClO3/c1-16-4-2-3-5-21(16)23(26)27-20-13-9-18(10-14-20)22(25)15-8-17-6-11-19(24)12-7-17/h2-15H,1H3. The van der Waals surface area contributed by atoms with Crippen molar-refractivity contribution in [2.45, 2.75) is 6.92 Å². The van der Waals surface area contributed by atoms with Crippen LogP contribution in [0.3, 0.4) is 0 Å². The van der Waals surface area contributed by atoms with E-state index < -0.39 is 5.97 Å². The Balaban J connectivity index is 1.66. The number of ether oxygens (including phenoxy) is 1. The Labute approximate surface area is 162 Å². The molecule has 0 amide bonds. The molecule has 0 fully saturated rings. The van der Waals surface area contributed by atoms with Crippen molar-refractivity contribution in [2.75, 3.05) is 0 Å². The van der Waals surface area contributed by atoms with Crippen LogP contribution < -0.4 is 4.74 Å². The molecule has 27 heavy (non-hydrogen) atoms. The Morgan fingerprint density at radius 3 is 2.22 bits per heavy atom. The number of ketones is 1. The third-order valence-electron chi connectivity index (χ3n) is 4.01. The van der Waals surface area contributed by atoms with Crippen molar-refractivity contribution in [3.8, 4) is 5.75 Å². The second-order valence-corrected chi connectivity index (χ2v) is 6.41. The lowest BCUT2D eigenvalue weighted by Crippen LogP contribution is -2.10. The summed E-state index contributed by atoms with van der Waals surface area (Å²) < 4.78 is 5.38. The molecular weight excluding hydrogens is 360 g/mol. The molecule has 0 saturated heterocycles. The van der Waals surface area contributed by atoms with Gasteiger partial charge >= 0.3 is 5.97 Å². The fourth-order valence-electron chi connectivity index (χ4n) is 2.49. The smallest absolute Gasteiger partial charge is 0.343 e. The monoisotopic (exact) mass is 376 g/mol. The Bertz CT molecular complexity index is 987. The number of aryl methyl sites for hydroxylation is 1. The Hall–Kier alpha value is -3.17. The SMILES string of the molecule is Cc1ccccc1C(=O)Oc1ccc(C(=O)C=Cc2ccc(Cl)cc2)cc1. The maximum atomic E-state index is 12.3. The Morgan fingerprint density at radius 1 is 0.889 bits per heavy atom. The van der Waals surface area contributed by atoms with Gasteiger partial charge in [-0.05, 0) is 66.6 Å². The zero-order valence-corrected chi connectivity index (χ0v) is 15.4. The van der Waals surface area contributed by atoms with Gasteiger partial charge in [-0.15, -0.1) is 0 Å². The molecule has 0 atom stereocenters. The molecule has 3 aromatic rings. The van der Waals surface area contributed by atoms with Crippen LogP contribution in [0.4, 0.5) is 0 Å². The van der Waals surface area contributed by atoms with Crippen LogP contribution in [0.5, 0.6) is 5.75 Å². The Kier molecular flexibility index (Phi) is 5.84. The average Bonchev–Trinajstić information content (AvgIpc) is 2.68. The molecule has 0 unspecified atom stereocenters. The number of allylic oxidation sites excluding steroid dienone is 1. The molecule has 0 N–H and O–H groups in total. The van der Waals surface area contributed by atoms with E-state index in [2.05, 4.69) is 0 Å². The zero-order valence-electron chi connectivity index (χ0n) is 14.7. The van der Waals surface area contributed by atoms with Crippen molar-refractivity contribution >= 4 is 29.4 Å². The van der Waals surface area contributed by atoms with Crippen molar-refractivity contribution < 1.29 is 14.3 Å². The highest BCUT2D eigenvalue weighted by Gasteiger charge is 2.11. The quantitative estimate of drug-likeness (QED) is 0.246. The van der Waals surface area contributed by atoms with Crippen LogP contribution in [0.15, 0.2) is 78.9 Å². The first-order valence-electron chi connectivity index (χ1n) is 8.39. The summed E-state index contributed by atoms with van der Waals surface area (Å²) in [6.45, 7) is 1.85. The van der Waals surface area contributed by atoms with Gasteiger partial charge in [0.25, 0.3) is 0 Å². The Morgan fingerprint density at radius 2 is 1.56 bits per heavy atom. The molecule has 0 saturated carbocycles. The van der Waals surface area contributed by atoms with Gasteiger partial charge in [0, 0.05) is 10.6 Å². The molecular formula is C23H17ClO3. The second-order valence-electron chi connectivity index (χ2n) is 5.98. The van der Waals surface area contributed by atoms with Gasteiger partial charge in [0.1, 0.15) is 5.75 Å². The van der Waals surface area contributed by atoms with E-state index in [0.29, 0.717) is 21.9 Å². The van der Waals surface area contributed by atoms with Crippen molar-refractivity contribution in [3.63, 3.8) is 0 Å². The molecule has 0 bridgehead atoms. The summed E-state index contributed by atoms with van der Waals surface area (Å²) in [5.41, 5.74) is 2.76. The first-order chi connectivity index (χ1) is 13.0. The maximum Gasteiger partial charge on any atom is 0.343 e. The second kappa shape index (κ2) is 8.47. The molecule has 4 heteroatoms. The lowest BCUT2D eigenvalue weighted by atomic mass is 10.1. The number of esters is 1. The highest BCUT2D eigenvalue weighted by atomic mass is 35.5. The summed E-state index contributed by atoms with van der Waals surface area (Å²) in [7, 11) is 0. The van der Waals surface area contributed by atoms with Crippen molar-refractivity contribution in [2.24, 2.45) is 0 Å². The highest BCUT2D eigenvalue weighted by Crippen LogP contribution is 2.17. The van der Waals surface area contributed by atoms with Gasteiger partial charge in [-0.2, -0.15) is 0 Å².